The summed E-state index contributed by atoms with van der Waals surface area (Å²) in [5, 5.41) is 5.13. The number of nitrogens with zero attached hydrogens (tertiary/aromatic N) is 1. The van der Waals surface area contributed by atoms with E-state index < -0.39 is 6.03 Å². The quantitative estimate of drug-likeness (QED) is 0.854. The molecule has 0 spiro atoms. The van der Waals surface area contributed by atoms with Gasteiger partial charge in [0.2, 0.25) is 5.91 Å². The number of thioether (sulfide) groups is 1. The number of imide groups is 1. The van der Waals surface area contributed by atoms with Crippen molar-refractivity contribution in [1.29, 1.82) is 0 Å². The van der Waals surface area contributed by atoms with E-state index in [9.17, 15) is 9.59 Å². The van der Waals surface area contributed by atoms with Gasteiger partial charge in [0.05, 0.1) is 16.0 Å². The third-order valence-corrected chi connectivity index (χ3v) is 4.55. The highest BCUT2D eigenvalue weighted by Crippen LogP contribution is 2.30. The average molecular weight is 316 g/mol. The van der Waals surface area contributed by atoms with Crippen LogP contribution in [-0.2, 0) is 4.79 Å². The van der Waals surface area contributed by atoms with Gasteiger partial charge in [-0.05, 0) is 18.2 Å². The normalized spacial score (nSPS) is 10.4. The van der Waals surface area contributed by atoms with Crippen molar-refractivity contribution in [2.75, 3.05) is 12.8 Å². The van der Waals surface area contributed by atoms with Crippen LogP contribution in [0.2, 0.25) is 5.02 Å². The fraction of sp³-hybridized carbons (Fsp3) is 0.182. The van der Waals surface area contributed by atoms with Crippen molar-refractivity contribution >= 4 is 56.9 Å². The van der Waals surface area contributed by atoms with Gasteiger partial charge in [-0.25, -0.2) is 9.78 Å². The summed E-state index contributed by atoms with van der Waals surface area (Å²) in [4.78, 5) is 26.7. The standard InChI is InChI=1S/C11H10ClN3O2S2/c1-13-10(17)15-9(16)5-18-11-14-7-4-6(12)2-3-8(7)19-11/h2-4H,5H2,1H3,(H2,13,15,16,17). The van der Waals surface area contributed by atoms with Gasteiger partial charge in [0.15, 0.2) is 4.34 Å². The SMILES string of the molecule is CNC(=O)NC(=O)CSc1nc2cc(Cl)ccc2s1. The number of halogens is 1. The number of hydrogen-bond acceptors (Lipinski definition) is 5. The number of thiazole rings is 1. The number of hydrogen-bond donors (Lipinski definition) is 2. The topological polar surface area (TPSA) is 71.1 Å². The second-order valence-corrected chi connectivity index (χ2v) is 6.20. The molecule has 5 nitrogen and oxygen atoms in total. The van der Waals surface area contributed by atoms with Crippen molar-refractivity contribution in [2.45, 2.75) is 4.34 Å². The lowest BCUT2D eigenvalue weighted by Gasteiger charge is -2.00. The zero-order valence-electron chi connectivity index (χ0n) is 9.90. The molecule has 0 aliphatic heterocycles. The van der Waals surface area contributed by atoms with E-state index in [0.29, 0.717) is 5.02 Å². The van der Waals surface area contributed by atoms with Crippen LogP contribution in [0.4, 0.5) is 4.79 Å². The number of benzene rings is 1. The first kappa shape index (κ1) is 14.1. The summed E-state index contributed by atoms with van der Waals surface area (Å²) in [7, 11) is 1.45. The number of carbonyl (C=O) groups is 2. The van der Waals surface area contributed by atoms with E-state index in [0.717, 1.165) is 14.6 Å². The van der Waals surface area contributed by atoms with Crippen LogP contribution in [0.25, 0.3) is 10.2 Å². The fourth-order valence-electron chi connectivity index (χ4n) is 1.29. The Balaban J connectivity index is 1.98. The summed E-state index contributed by atoms with van der Waals surface area (Å²) in [6, 6.07) is 4.96. The second kappa shape index (κ2) is 6.23. The summed E-state index contributed by atoms with van der Waals surface area (Å²) in [6.07, 6.45) is 0. The molecule has 0 unspecified atom stereocenters. The predicted molar refractivity (Wildman–Crippen MR) is 78.0 cm³/mol. The highest BCUT2D eigenvalue weighted by molar-refractivity contribution is 8.01. The molecule has 0 radical (unpaired) electrons. The van der Waals surface area contributed by atoms with Crippen molar-refractivity contribution in [3.05, 3.63) is 23.2 Å². The summed E-state index contributed by atoms with van der Waals surface area (Å²) in [5.74, 6) is -0.220. The maximum atomic E-state index is 11.4. The number of fused-ring (bicyclic) bond motifs is 1. The molecule has 2 N–H and O–H groups in total. The van der Waals surface area contributed by atoms with Gasteiger partial charge in [-0.2, -0.15) is 0 Å². The van der Waals surface area contributed by atoms with Crippen molar-refractivity contribution in [3.8, 4) is 0 Å². The Morgan fingerprint density at radius 2 is 2.26 bits per heavy atom. The average Bonchev–Trinajstić information content (AvgIpc) is 2.78. The molecule has 8 heteroatoms. The summed E-state index contributed by atoms with van der Waals surface area (Å²) < 4.78 is 1.78. The predicted octanol–water partition coefficient (Wildman–Crippen LogP) is 2.50. The molecule has 3 amide bonds. The number of rotatable bonds is 3. The van der Waals surface area contributed by atoms with Gasteiger partial charge in [-0.1, -0.05) is 23.4 Å². The molecule has 2 aromatic rings. The maximum Gasteiger partial charge on any atom is 0.321 e. The molecular weight excluding hydrogens is 306 g/mol. The number of aromatic nitrogens is 1. The van der Waals surface area contributed by atoms with Crippen LogP contribution in [0.15, 0.2) is 22.5 Å². The van der Waals surface area contributed by atoms with Gasteiger partial charge in [0.1, 0.15) is 0 Å². The van der Waals surface area contributed by atoms with Crippen LogP contribution < -0.4 is 10.6 Å². The monoisotopic (exact) mass is 315 g/mol. The third-order valence-electron chi connectivity index (χ3n) is 2.14. The van der Waals surface area contributed by atoms with E-state index in [1.165, 1.54) is 30.1 Å². The van der Waals surface area contributed by atoms with E-state index in [1.54, 1.807) is 12.1 Å². The molecule has 0 saturated carbocycles. The van der Waals surface area contributed by atoms with Crippen molar-refractivity contribution < 1.29 is 9.59 Å². The van der Waals surface area contributed by atoms with Gasteiger partial charge in [-0.15, -0.1) is 11.3 Å². The number of carbonyl (C=O) groups excluding carboxylic acids is 2. The lowest BCUT2D eigenvalue weighted by atomic mass is 10.3. The zero-order chi connectivity index (χ0) is 13.8. The van der Waals surface area contributed by atoms with Crippen LogP contribution in [0.3, 0.4) is 0 Å². The van der Waals surface area contributed by atoms with Gasteiger partial charge < -0.3 is 5.32 Å². The molecule has 0 aliphatic rings. The Hall–Kier alpha value is -1.31. The Kier molecular flexibility index (Phi) is 4.62. The molecule has 2 rings (SSSR count). The molecule has 0 atom stereocenters. The molecule has 19 heavy (non-hydrogen) atoms. The molecular formula is C11H10ClN3O2S2. The van der Waals surface area contributed by atoms with E-state index in [-0.39, 0.29) is 11.7 Å². The first-order valence-electron chi connectivity index (χ1n) is 5.29. The van der Waals surface area contributed by atoms with Crippen molar-refractivity contribution in [2.24, 2.45) is 0 Å². The molecule has 100 valence electrons. The fourth-order valence-corrected chi connectivity index (χ4v) is 3.31. The number of amides is 3. The van der Waals surface area contributed by atoms with Crippen LogP contribution in [0.5, 0.6) is 0 Å². The molecule has 0 bridgehead atoms. The lowest BCUT2D eigenvalue weighted by Crippen LogP contribution is -2.38. The summed E-state index contributed by atoms with van der Waals surface area (Å²) >= 11 is 8.65. The Labute approximate surface area is 122 Å². The minimum absolute atomic E-state index is 0.140. The number of urea groups is 1. The van der Waals surface area contributed by atoms with Gasteiger partial charge in [-0.3, -0.25) is 10.1 Å². The van der Waals surface area contributed by atoms with Crippen LogP contribution >= 0.6 is 34.7 Å². The van der Waals surface area contributed by atoms with E-state index in [1.807, 2.05) is 6.07 Å². The molecule has 1 aromatic heterocycles. The van der Waals surface area contributed by atoms with Gasteiger partial charge in [0.25, 0.3) is 0 Å². The minimum atomic E-state index is -0.512. The first-order valence-corrected chi connectivity index (χ1v) is 7.47. The molecule has 1 heterocycles. The van der Waals surface area contributed by atoms with E-state index >= 15 is 0 Å². The van der Waals surface area contributed by atoms with Crippen LogP contribution in [0, 0.1) is 0 Å². The maximum absolute atomic E-state index is 11.4. The van der Waals surface area contributed by atoms with E-state index in [2.05, 4.69) is 15.6 Å². The van der Waals surface area contributed by atoms with E-state index in [4.69, 9.17) is 11.6 Å². The molecule has 0 aliphatic carbocycles. The zero-order valence-corrected chi connectivity index (χ0v) is 12.3. The Morgan fingerprint density at radius 3 is 3.00 bits per heavy atom. The highest BCUT2D eigenvalue weighted by atomic mass is 35.5. The molecule has 0 saturated heterocycles. The van der Waals surface area contributed by atoms with Gasteiger partial charge in [0, 0.05) is 12.1 Å². The third kappa shape index (κ3) is 3.82. The number of nitrogens with one attached hydrogen (secondary N) is 2. The van der Waals surface area contributed by atoms with Crippen molar-refractivity contribution in [3.63, 3.8) is 0 Å². The van der Waals surface area contributed by atoms with Crippen LogP contribution in [0.1, 0.15) is 0 Å². The molecule has 1 aromatic carbocycles. The largest absolute Gasteiger partial charge is 0.341 e. The molecule has 0 fully saturated rings. The lowest BCUT2D eigenvalue weighted by molar-refractivity contribution is -0.117. The van der Waals surface area contributed by atoms with Crippen LogP contribution in [-0.4, -0.2) is 29.7 Å². The second-order valence-electron chi connectivity index (χ2n) is 3.51. The van der Waals surface area contributed by atoms with Gasteiger partial charge >= 0.3 is 6.03 Å². The Morgan fingerprint density at radius 1 is 1.47 bits per heavy atom. The van der Waals surface area contributed by atoms with Crippen molar-refractivity contribution in [1.82, 2.24) is 15.6 Å². The Bertz CT molecular complexity index is 629. The summed E-state index contributed by atoms with van der Waals surface area (Å²) in [5.41, 5.74) is 0.812. The highest BCUT2D eigenvalue weighted by Gasteiger charge is 2.09. The summed E-state index contributed by atoms with van der Waals surface area (Å²) in [6.45, 7) is 0. The minimum Gasteiger partial charge on any atom is -0.341 e. The smallest absolute Gasteiger partial charge is 0.321 e. The first-order chi connectivity index (χ1) is 9.08.